The Labute approximate surface area is 51.7 Å². The van der Waals surface area contributed by atoms with E-state index in [2.05, 4.69) is 13.8 Å². The largest absolute Gasteiger partial charge is 0.0939 e. The maximum absolute atomic E-state index is 4.84. The van der Waals surface area contributed by atoms with Crippen molar-refractivity contribution in [2.75, 3.05) is 5.75 Å². The first-order valence-electron chi connectivity index (χ1n) is 2.89. The Morgan fingerprint density at radius 1 is 1.57 bits per heavy atom. The van der Waals surface area contributed by atoms with Crippen LogP contribution < -0.4 is 0 Å². The zero-order valence-corrected chi connectivity index (χ0v) is 5.92. The summed E-state index contributed by atoms with van der Waals surface area (Å²) >= 11 is 4.84. The molecule has 0 aliphatic rings. The summed E-state index contributed by atoms with van der Waals surface area (Å²) in [5, 5.41) is 0. The van der Waals surface area contributed by atoms with Crippen LogP contribution in [0.1, 0.15) is 26.7 Å². The van der Waals surface area contributed by atoms with Gasteiger partial charge in [0.25, 0.3) is 0 Å². The van der Waals surface area contributed by atoms with Crippen LogP contribution in [0.25, 0.3) is 0 Å². The van der Waals surface area contributed by atoms with E-state index in [1.54, 1.807) is 0 Å². The molecule has 0 spiro atoms. The molecular formula is C6H13S. The van der Waals surface area contributed by atoms with Gasteiger partial charge in [-0.15, -0.1) is 0 Å². The van der Waals surface area contributed by atoms with Gasteiger partial charge in [0.05, 0.1) is 0 Å². The average molecular weight is 117 g/mol. The monoisotopic (exact) mass is 117 g/mol. The van der Waals surface area contributed by atoms with Crippen molar-refractivity contribution in [2.24, 2.45) is 5.92 Å². The first kappa shape index (κ1) is 7.35. The molecule has 0 aliphatic carbocycles. The van der Waals surface area contributed by atoms with Crippen molar-refractivity contribution in [1.82, 2.24) is 0 Å². The van der Waals surface area contributed by atoms with Gasteiger partial charge in [0.2, 0.25) is 0 Å². The molecule has 7 heavy (non-hydrogen) atoms. The second-order valence-corrected chi connectivity index (χ2v) is 2.39. The fraction of sp³-hybridized carbons (Fsp3) is 1.00. The third-order valence-electron chi connectivity index (χ3n) is 1.07. The van der Waals surface area contributed by atoms with Gasteiger partial charge < -0.3 is 0 Å². The summed E-state index contributed by atoms with van der Waals surface area (Å²) in [7, 11) is 0. The summed E-state index contributed by atoms with van der Waals surface area (Å²) < 4.78 is 0. The molecule has 0 aromatic rings. The normalized spacial score (nSPS) is 14.1. The molecule has 0 N–H and O–H groups in total. The van der Waals surface area contributed by atoms with Crippen molar-refractivity contribution in [3.63, 3.8) is 0 Å². The van der Waals surface area contributed by atoms with E-state index in [1.807, 2.05) is 0 Å². The predicted octanol–water partition coefficient (Wildman–Crippen LogP) is 2.62. The standard InChI is InChI=1S/C6H13S/c1-3-4-6(2)5-7/h6H,3-5H2,1-2H3. The second kappa shape index (κ2) is 4.51. The Morgan fingerprint density at radius 3 is 2.29 bits per heavy atom. The first-order chi connectivity index (χ1) is 3.31. The van der Waals surface area contributed by atoms with Crippen LogP contribution in [0.3, 0.4) is 0 Å². The molecule has 0 fully saturated rings. The molecule has 43 valence electrons. The molecule has 0 heterocycles. The van der Waals surface area contributed by atoms with Crippen LogP contribution in [0.15, 0.2) is 0 Å². The molecular weight excluding hydrogens is 104 g/mol. The third-order valence-corrected chi connectivity index (χ3v) is 1.64. The number of hydrogen-bond acceptors (Lipinski definition) is 0. The van der Waals surface area contributed by atoms with E-state index in [4.69, 9.17) is 12.6 Å². The SMILES string of the molecule is CCCC(C)C[S]. The summed E-state index contributed by atoms with van der Waals surface area (Å²) in [5.41, 5.74) is 0. The highest BCUT2D eigenvalue weighted by Crippen LogP contribution is 2.04. The van der Waals surface area contributed by atoms with E-state index < -0.39 is 0 Å². The summed E-state index contributed by atoms with van der Waals surface area (Å²) in [4.78, 5) is 0. The van der Waals surface area contributed by atoms with Gasteiger partial charge in [-0.05, 0) is 5.92 Å². The lowest BCUT2D eigenvalue weighted by Gasteiger charge is -2.01. The molecule has 0 aliphatic heterocycles. The van der Waals surface area contributed by atoms with E-state index in [0.29, 0.717) is 0 Å². The lowest BCUT2D eigenvalue weighted by atomic mass is 10.1. The van der Waals surface area contributed by atoms with Gasteiger partial charge in [-0.2, -0.15) is 0 Å². The molecule has 1 heteroatoms. The minimum absolute atomic E-state index is 0.764. The van der Waals surface area contributed by atoms with Gasteiger partial charge in [0.1, 0.15) is 0 Å². The molecule has 0 bridgehead atoms. The predicted molar refractivity (Wildman–Crippen MR) is 36.5 cm³/mol. The number of rotatable bonds is 3. The quantitative estimate of drug-likeness (QED) is 0.533. The first-order valence-corrected chi connectivity index (χ1v) is 3.47. The number of hydrogen-bond donors (Lipinski definition) is 0. The second-order valence-electron chi connectivity index (χ2n) is 2.06. The zero-order valence-electron chi connectivity index (χ0n) is 5.11. The Hall–Kier alpha value is 0.350. The molecule has 0 aromatic heterocycles. The van der Waals surface area contributed by atoms with Crippen molar-refractivity contribution in [3.8, 4) is 0 Å². The summed E-state index contributed by atoms with van der Waals surface area (Å²) in [6.45, 7) is 4.40. The molecule has 0 saturated carbocycles. The molecule has 0 aromatic carbocycles. The summed E-state index contributed by atoms with van der Waals surface area (Å²) in [5.74, 6) is 1.69. The summed E-state index contributed by atoms with van der Waals surface area (Å²) in [6, 6.07) is 0. The van der Waals surface area contributed by atoms with Gasteiger partial charge >= 0.3 is 0 Å². The van der Waals surface area contributed by atoms with E-state index >= 15 is 0 Å². The van der Waals surface area contributed by atoms with Crippen molar-refractivity contribution >= 4 is 12.6 Å². The van der Waals surface area contributed by atoms with Crippen LogP contribution in [0, 0.1) is 5.92 Å². The molecule has 1 atom stereocenters. The molecule has 1 radical (unpaired) electrons. The smallest absolute Gasteiger partial charge is 0.00626 e. The van der Waals surface area contributed by atoms with Crippen molar-refractivity contribution in [2.45, 2.75) is 26.7 Å². The molecule has 0 nitrogen and oxygen atoms in total. The van der Waals surface area contributed by atoms with Crippen LogP contribution in [-0.2, 0) is 0 Å². The minimum atomic E-state index is 0.764. The summed E-state index contributed by atoms with van der Waals surface area (Å²) in [6.07, 6.45) is 2.57. The highest BCUT2D eigenvalue weighted by molar-refractivity contribution is 7.80. The maximum atomic E-state index is 4.84. The van der Waals surface area contributed by atoms with Gasteiger partial charge in [0.15, 0.2) is 0 Å². The van der Waals surface area contributed by atoms with Gasteiger partial charge in [-0.25, -0.2) is 0 Å². The van der Waals surface area contributed by atoms with Crippen molar-refractivity contribution in [1.29, 1.82) is 0 Å². The average Bonchev–Trinajstić information content (AvgIpc) is 1.68. The van der Waals surface area contributed by atoms with Gasteiger partial charge in [-0.1, -0.05) is 39.3 Å². The highest BCUT2D eigenvalue weighted by Gasteiger charge is 1.93. The van der Waals surface area contributed by atoms with Crippen LogP contribution >= 0.6 is 12.6 Å². The van der Waals surface area contributed by atoms with E-state index in [1.165, 1.54) is 12.8 Å². The van der Waals surface area contributed by atoms with Crippen LogP contribution in [-0.4, -0.2) is 5.75 Å². The lowest BCUT2D eigenvalue weighted by Crippen LogP contribution is -1.93. The van der Waals surface area contributed by atoms with Crippen LogP contribution in [0.2, 0.25) is 0 Å². The Kier molecular flexibility index (Phi) is 4.73. The van der Waals surface area contributed by atoms with E-state index in [0.717, 1.165) is 11.7 Å². The lowest BCUT2D eigenvalue weighted by molar-refractivity contribution is 0.586. The topological polar surface area (TPSA) is 0 Å². The Morgan fingerprint density at radius 2 is 2.14 bits per heavy atom. The fourth-order valence-electron chi connectivity index (χ4n) is 0.576. The molecule has 0 saturated heterocycles. The highest BCUT2D eigenvalue weighted by atomic mass is 32.1. The van der Waals surface area contributed by atoms with Crippen LogP contribution in [0.4, 0.5) is 0 Å². The fourth-order valence-corrected chi connectivity index (χ4v) is 0.743. The molecule has 1 unspecified atom stereocenters. The molecule has 0 rings (SSSR count). The van der Waals surface area contributed by atoms with E-state index in [9.17, 15) is 0 Å². The van der Waals surface area contributed by atoms with Crippen molar-refractivity contribution < 1.29 is 0 Å². The minimum Gasteiger partial charge on any atom is -0.0939 e. The van der Waals surface area contributed by atoms with Crippen LogP contribution in [0.5, 0.6) is 0 Å². The third kappa shape index (κ3) is 4.20. The maximum Gasteiger partial charge on any atom is 0.00626 e. The zero-order chi connectivity index (χ0) is 5.70. The molecule has 0 amide bonds. The van der Waals surface area contributed by atoms with Gasteiger partial charge in [-0.3, -0.25) is 0 Å². The van der Waals surface area contributed by atoms with Gasteiger partial charge in [0, 0.05) is 5.75 Å². The Balaban J connectivity index is 2.83. The Bertz CT molecular complexity index is 35.2. The van der Waals surface area contributed by atoms with E-state index in [-0.39, 0.29) is 0 Å². The van der Waals surface area contributed by atoms with Crippen molar-refractivity contribution in [3.05, 3.63) is 0 Å².